The van der Waals surface area contributed by atoms with Gasteiger partial charge in [0.1, 0.15) is 0 Å². The Morgan fingerprint density at radius 1 is 1.28 bits per heavy atom. The molecule has 100 valence electrons. The molecule has 0 aliphatic carbocycles. The first-order chi connectivity index (χ1) is 8.56. The summed E-state index contributed by atoms with van der Waals surface area (Å²) >= 11 is 0. The number of carbonyl (C=O) groups excluding carboxylic acids is 1. The Labute approximate surface area is 110 Å². The maximum atomic E-state index is 12.2. The number of amides is 1. The number of hydrogen-bond acceptors (Lipinski definition) is 2. The van der Waals surface area contributed by atoms with Gasteiger partial charge in [-0.25, -0.2) is 0 Å². The average molecular weight is 248 g/mol. The van der Waals surface area contributed by atoms with Crippen LogP contribution in [-0.4, -0.2) is 29.9 Å². The summed E-state index contributed by atoms with van der Waals surface area (Å²) in [7, 11) is 0. The predicted octanol–water partition coefficient (Wildman–Crippen LogP) is 2.06. The van der Waals surface area contributed by atoms with Crippen LogP contribution in [0.3, 0.4) is 0 Å². The maximum Gasteiger partial charge on any atom is 0.226 e. The van der Waals surface area contributed by atoms with Gasteiger partial charge in [-0.2, -0.15) is 0 Å². The Hall–Kier alpha value is -1.35. The van der Waals surface area contributed by atoms with E-state index in [1.54, 1.807) is 0 Å². The van der Waals surface area contributed by atoms with Gasteiger partial charge in [0.05, 0.1) is 5.92 Å². The first kappa shape index (κ1) is 14.7. The van der Waals surface area contributed by atoms with Crippen molar-refractivity contribution in [2.24, 2.45) is 11.7 Å². The lowest BCUT2D eigenvalue weighted by atomic mass is 10.0. The molecule has 0 saturated heterocycles. The van der Waals surface area contributed by atoms with Gasteiger partial charge in [-0.1, -0.05) is 37.3 Å². The summed E-state index contributed by atoms with van der Waals surface area (Å²) < 4.78 is 0. The molecule has 0 radical (unpaired) electrons. The highest BCUT2D eigenvalue weighted by Gasteiger charge is 2.21. The molecule has 1 rings (SSSR count). The fraction of sp³-hybridized carbons (Fsp3) is 0.533. The molecule has 0 heterocycles. The number of rotatable bonds is 6. The van der Waals surface area contributed by atoms with Crippen molar-refractivity contribution in [1.29, 1.82) is 0 Å². The molecule has 1 aromatic rings. The van der Waals surface area contributed by atoms with Gasteiger partial charge in [-0.05, 0) is 25.8 Å². The number of hydrogen-bond donors (Lipinski definition) is 1. The molecule has 2 N–H and O–H groups in total. The Bertz CT molecular complexity index is 362. The molecular formula is C15H24N2O. The number of likely N-dealkylation sites (N-methyl/N-ethyl adjacent to an activating group) is 1. The molecule has 0 bridgehead atoms. The van der Waals surface area contributed by atoms with Crippen molar-refractivity contribution in [3.05, 3.63) is 35.9 Å². The van der Waals surface area contributed by atoms with Gasteiger partial charge in [-0.3, -0.25) is 4.79 Å². The highest BCUT2D eigenvalue weighted by molar-refractivity contribution is 5.79. The molecule has 1 amide bonds. The van der Waals surface area contributed by atoms with Gasteiger partial charge in [0.2, 0.25) is 5.91 Å². The molecule has 0 saturated carbocycles. The van der Waals surface area contributed by atoms with Gasteiger partial charge in [0.25, 0.3) is 0 Å². The van der Waals surface area contributed by atoms with Crippen molar-refractivity contribution >= 4 is 5.91 Å². The zero-order valence-corrected chi connectivity index (χ0v) is 11.6. The summed E-state index contributed by atoms with van der Waals surface area (Å²) in [4.78, 5) is 14.1. The van der Waals surface area contributed by atoms with E-state index in [1.165, 1.54) is 5.56 Å². The molecular weight excluding hydrogens is 224 g/mol. The van der Waals surface area contributed by atoms with E-state index in [0.29, 0.717) is 0 Å². The van der Waals surface area contributed by atoms with E-state index in [9.17, 15) is 4.79 Å². The fourth-order valence-electron chi connectivity index (χ4n) is 1.85. The van der Waals surface area contributed by atoms with Crippen molar-refractivity contribution in [2.45, 2.75) is 33.2 Å². The van der Waals surface area contributed by atoms with E-state index >= 15 is 0 Å². The van der Waals surface area contributed by atoms with Gasteiger partial charge >= 0.3 is 0 Å². The maximum absolute atomic E-state index is 12.2. The van der Waals surface area contributed by atoms with Crippen molar-refractivity contribution in [2.75, 3.05) is 13.1 Å². The molecule has 0 fully saturated rings. The van der Waals surface area contributed by atoms with E-state index < -0.39 is 0 Å². The lowest BCUT2D eigenvalue weighted by Crippen LogP contribution is -2.42. The molecule has 3 nitrogen and oxygen atoms in total. The standard InChI is InChI=1S/C15H24N2O/c1-4-17(15(18)12(2)13(3)16)11-10-14-8-6-5-7-9-14/h5-9,12-13H,4,10-11,16H2,1-3H3. The molecule has 0 spiro atoms. The summed E-state index contributed by atoms with van der Waals surface area (Å²) in [5.74, 6) is 0.0455. The molecule has 2 unspecified atom stereocenters. The van der Waals surface area contributed by atoms with E-state index in [1.807, 2.05) is 43.9 Å². The number of nitrogens with zero attached hydrogens (tertiary/aromatic N) is 1. The third-order valence-corrected chi connectivity index (χ3v) is 3.38. The first-order valence-corrected chi connectivity index (χ1v) is 6.64. The molecule has 18 heavy (non-hydrogen) atoms. The van der Waals surface area contributed by atoms with Crippen LogP contribution in [0.2, 0.25) is 0 Å². The topological polar surface area (TPSA) is 46.3 Å². The summed E-state index contributed by atoms with van der Waals surface area (Å²) in [6, 6.07) is 10.1. The second kappa shape index (κ2) is 7.17. The minimum absolute atomic E-state index is 0.0942. The van der Waals surface area contributed by atoms with Crippen LogP contribution in [0.4, 0.5) is 0 Å². The fourth-order valence-corrected chi connectivity index (χ4v) is 1.85. The average Bonchev–Trinajstić information content (AvgIpc) is 2.39. The van der Waals surface area contributed by atoms with Gasteiger partial charge in [0, 0.05) is 19.1 Å². The second-order valence-electron chi connectivity index (χ2n) is 4.80. The highest BCUT2D eigenvalue weighted by atomic mass is 16.2. The van der Waals surface area contributed by atoms with Crippen molar-refractivity contribution in [3.63, 3.8) is 0 Å². The van der Waals surface area contributed by atoms with Crippen LogP contribution in [0.1, 0.15) is 26.3 Å². The monoisotopic (exact) mass is 248 g/mol. The number of benzene rings is 1. The quantitative estimate of drug-likeness (QED) is 0.837. The smallest absolute Gasteiger partial charge is 0.226 e. The summed E-state index contributed by atoms with van der Waals surface area (Å²) in [5.41, 5.74) is 7.05. The van der Waals surface area contributed by atoms with Gasteiger partial charge in [-0.15, -0.1) is 0 Å². The van der Waals surface area contributed by atoms with Crippen molar-refractivity contribution < 1.29 is 4.79 Å². The zero-order valence-electron chi connectivity index (χ0n) is 11.6. The third-order valence-electron chi connectivity index (χ3n) is 3.38. The van der Waals surface area contributed by atoms with Crippen LogP contribution >= 0.6 is 0 Å². The Balaban J connectivity index is 2.54. The molecule has 3 heteroatoms. The summed E-state index contributed by atoms with van der Waals surface area (Å²) in [5, 5.41) is 0. The predicted molar refractivity (Wildman–Crippen MR) is 75.2 cm³/mol. The molecule has 1 aromatic carbocycles. The normalized spacial score (nSPS) is 14.0. The highest BCUT2D eigenvalue weighted by Crippen LogP contribution is 2.08. The van der Waals surface area contributed by atoms with Gasteiger partial charge in [0.15, 0.2) is 0 Å². The van der Waals surface area contributed by atoms with Crippen LogP contribution < -0.4 is 5.73 Å². The number of nitrogens with two attached hydrogens (primary N) is 1. The first-order valence-electron chi connectivity index (χ1n) is 6.64. The van der Waals surface area contributed by atoms with Crippen LogP contribution in [0.15, 0.2) is 30.3 Å². The summed E-state index contributed by atoms with van der Waals surface area (Å²) in [6.07, 6.45) is 0.895. The second-order valence-corrected chi connectivity index (χ2v) is 4.80. The molecule has 0 aliphatic rings. The lowest BCUT2D eigenvalue weighted by Gasteiger charge is -2.26. The van der Waals surface area contributed by atoms with E-state index in [0.717, 1.165) is 19.5 Å². The van der Waals surface area contributed by atoms with E-state index in [4.69, 9.17) is 5.73 Å². The van der Waals surface area contributed by atoms with Crippen LogP contribution in [0, 0.1) is 5.92 Å². The Morgan fingerprint density at radius 3 is 2.39 bits per heavy atom. The van der Waals surface area contributed by atoms with E-state index in [2.05, 4.69) is 12.1 Å². The lowest BCUT2D eigenvalue weighted by molar-refractivity contribution is -0.135. The molecule has 2 atom stereocenters. The van der Waals surface area contributed by atoms with Crippen molar-refractivity contribution in [3.8, 4) is 0 Å². The van der Waals surface area contributed by atoms with E-state index in [-0.39, 0.29) is 17.9 Å². The van der Waals surface area contributed by atoms with Crippen molar-refractivity contribution in [1.82, 2.24) is 4.90 Å². The van der Waals surface area contributed by atoms with Crippen LogP contribution in [0.25, 0.3) is 0 Å². The third kappa shape index (κ3) is 4.15. The summed E-state index contributed by atoms with van der Waals surface area (Å²) in [6.45, 7) is 7.29. The molecule has 0 aromatic heterocycles. The Kier molecular flexibility index (Phi) is 5.86. The van der Waals surface area contributed by atoms with Gasteiger partial charge < -0.3 is 10.6 Å². The SMILES string of the molecule is CCN(CCc1ccccc1)C(=O)C(C)C(C)N. The Morgan fingerprint density at radius 2 is 1.89 bits per heavy atom. The van der Waals surface area contributed by atoms with Crippen LogP contribution in [0.5, 0.6) is 0 Å². The number of carbonyl (C=O) groups is 1. The largest absolute Gasteiger partial charge is 0.342 e. The zero-order chi connectivity index (χ0) is 13.5. The van der Waals surface area contributed by atoms with Crippen LogP contribution in [-0.2, 0) is 11.2 Å². The molecule has 0 aliphatic heterocycles. The minimum Gasteiger partial charge on any atom is -0.342 e. The minimum atomic E-state index is -0.110.